The molecule has 1 unspecified atom stereocenters. The lowest BCUT2D eigenvalue weighted by atomic mass is 9.98. The number of nitrogens with one attached hydrogen (secondary N) is 1. The number of hydrogen-bond acceptors (Lipinski definition) is 1. The second-order valence-corrected chi connectivity index (χ2v) is 8.77. The smallest absolute Gasteiger partial charge is 0.127 e. The zero-order valence-electron chi connectivity index (χ0n) is 9.47. The monoisotopic (exact) mass is 345 g/mol. The third-order valence-corrected chi connectivity index (χ3v) is 3.75. The molecule has 0 amide bonds. The number of alkyl halides is 2. The summed E-state index contributed by atoms with van der Waals surface area (Å²) in [6, 6.07) is 8.85. The van der Waals surface area contributed by atoms with Crippen LogP contribution >= 0.6 is 31.9 Å². The SMILES string of the molecule is CC(Br)(Br)NCCC1CCc2ccccc21. The molecule has 0 heterocycles. The van der Waals surface area contributed by atoms with E-state index in [1.165, 1.54) is 19.3 Å². The third kappa shape index (κ3) is 3.31. The summed E-state index contributed by atoms with van der Waals surface area (Å²) in [6.07, 6.45) is 3.77. The van der Waals surface area contributed by atoms with E-state index >= 15 is 0 Å². The van der Waals surface area contributed by atoms with Crippen molar-refractivity contribution in [3.63, 3.8) is 0 Å². The van der Waals surface area contributed by atoms with Crippen molar-refractivity contribution in [2.24, 2.45) is 0 Å². The summed E-state index contributed by atoms with van der Waals surface area (Å²) in [5.74, 6) is 0.742. The highest BCUT2D eigenvalue weighted by Crippen LogP contribution is 2.35. The predicted molar refractivity (Wildman–Crippen MR) is 76.4 cm³/mol. The maximum atomic E-state index is 3.53. The van der Waals surface area contributed by atoms with Gasteiger partial charge in [-0.3, -0.25) is 5.32 Å². The first kappa shape index (κ1) is 12.6. The van der Waals surface area contributed by atoms with Gasteiger partial charge >= 0.3 is 0 Å². The Balaban J connectivity index is 1.89. The third-order valence-electron chi connectivity index (χ3n) is 3.19. The number of fused-ring (bicyclic) bond motifs is 1. The first-order valence-corrected chi connectivity index (χ1v) is 7.35. The highest BCUT2D eigenvalue weighted by atomic mass is 79.9. The van der Waals surface area contributed by atoms with Crippen molar-refractivity contribution in [3.8, 4) is 0 Å². The molecule has 16 heavy (non-hydrogen) atoms. The molecule has 1 aliphatic carbocycles. The van der Waals surface area contributed by atoms with Crippen LogP contribution in [-0.2, 0) is 6.42 Å². The van der Waals surface area contributed by atoms with Gasteiger partial charge in [0.2, 0.25) is 0 Å². The predicted octanol–water partition coefficient (Wildman–Crippen LogP) is 4.16. The molecule has 88 valence electrons. The van der Waals surface area contributed by atoms with Crippen LogP contribution in [0, 0.1) is 0 Å². The van der Waals surface area contributed by atoms with E-state index in [4.69, 9.17) is 0 Å². The van der Waals surface area contributed by atoms with Crippen molar-refractivity contribution in [2.75, 3.05) is 6.54 Å². The molecule has 0 fully saturated rings. The summed E-state index contributed by atoms with van der Waals surface area (Å²) in [5.41, 5.74) is 3.11. The molecule has 0 aromatic heterocycles. The first-order chi connectivity index (χ1) is 7.56. The van der Waals surface area contributed by atoms with Crippen molar-refractivity contribution in [1.82, 2.24) is 5.32 Å². The van der Waals surface area contributed by atoms with E-state index in [1.54, 1.807) is 11.1 Å². The lowest BCUT2D eigenvalue weighted by Crippen LogP contribution is -2.31. The molecule has 1 aliphatic rings. The molecule has 0 spiro atoms. The van der Waals surface area contributed by atoms with Crippen molar-refractivity contribution in [2.45, 2.75) is 35.5 Å². The summed E-state index contributed by atoms with van der Waals surface area (Å²) in [4.78, 5) is 0. The summed E-state index contributed by atoms with van der Waals surface area (Å²) in [6.45, 7) is 3.10. The zero-order chi connectivity index (χ0) is 11.6. The van der Waals surface area contributed by atoms with E-state index in [1.807, 2.05) is 0 Å². The lowest BCUT2D eigenvalue weighted by Gasteiger charge is -2.18. The summed E-state index contributed by atoms with van der Waals surface area (Å²) < 4.78 is -0.127. The normalized spacial score (nSPS) is 19.8. The molecule has 0 radical (unpaired) electrons. The fourth-order valence-electron chi connectivity index (χ4n) is 2.41. The van der Waals surface area contributed by atoms with Crippen LogP contribution < -0.4 is 5.32 Å². The van der Waals surface area contributed by atoms with E-state index in [-0.39, 0.29) is 3.36 Å². The number of rotatable bonds is 4. The molecule has 2 rings (SSSR count). The fraction of sp³-hybridized carbons (Fsp3) is 0.538. The van der Waals surface area contributed by atoms with E-state index in [9.17, 15) is 0 Å². The average Bonchev–Trinajstić information content (AvgIpc) is 2.60. The van der Waals surface area contributed by atoms with Crippen molar-refractivity contribution < 1.29 is 0 Å². The van der Waals surface area contributed by atoms with Crippen LogP contribution in [0.3, 0.4) is 0 Å². The maximum absolute atomic E-state index is 3.53. The van der Waals surface area contributed by atoms with Crippen LogP contribution in [0.15, 0.2) is 24.3 Å². The van der Waals surface area contributed by atoms with Gasteiger partial charge in [-0.15, -0.1) is 0 Å². The quantitative estimate of drug-likeness (QED) is 0.637. The average molecular weight is 347 g/mol. The Labute approximate surface area is 114 Å². The molecule has 1 aromatic carbocycles. The van der Waals surface area contributed by atoms with Crippen molar-refractivity contribution in [1.29, 1.82) is 0 Å². The van der Waals surface area contributed by atoms with E-state index in [0.29, 0.717) is 0 Å². The Morgan fingerprint density at radius 2 is 2.12 bits per heavy atom. The molecule has 0 saturated heterocycles. The van der Waals surface area contributed by atoms with Gasteiger partial charge < -0.3 is 0 Å². The highest BCUT2D eigenvalue weighted by molar-refractivity contribution is 9.25. The standard InChI is InChI=1S/C13H17Br2N/c1-13(14,15)16-9-8-11-7-6-10-4-2-3-5-12(10)11/h2-5,11,16H,6-9H2,1H3. The second kappa shape index (κ2) is 5.19. The molecular weight excluding hydrogens is 330 g/mol. The molecule has 0 saturated carbocycles. The molecule has 1 N–H and O–H groups in total. The van der Waals surface area contributed by atoms with Gasteiger partial charge in [-0.05, 0) is 49.8 Å². The van der Waals surface area contributed by atoms with E-state index in [2.05, 4.69) is 68.4 Å². The van der Waals surface area contributed by atoms with Gasteiger partial charge in [0, 0.05) is 0 Å². The van der Waals surface area contributed by atoms with E-state index < -0.39 is 0 Å². The lowest BCUT2D eigenvalue weighted by molar-refractivity contribution is 0.555. The van der Waals surface area contributed by atoms with Crippen molar-refractivity contribution >= 4 is 31.9 Å². The minimum absolute atomic E-state index is 0.127. The van der Waals surface area contributed by atoms with Gasteiger partial charge in [-0.25, -0.2) is 0 Å². The summed E-state index contributed by atoms with van der Waals surface area (Å²) in [5, 5.41) is 3.41. The Hall–Kier alpha value is 0.140. The molecule has 3 heteroatoms. The van der Waals surface area contributed by atoms with Crippen LogP contribution in [0.4, 0.5) is 0 Å². The first-order valence-electron chi connectivity index (χ1n) is 5.77. The molecule has 0 aliphatic heterocycles. The molecule has 1 nitrogen and oxygen atoms in total. The van der Waals surface area contributed by atoms with Gasteiger partial charge in [0.15, 0.2) is 0 Å². The Kier molecular flexibility index (Phi) is 4.09. The minimum atomic E-state index is -0.127. The van der Waals surface area contributed by atoms with Gasteiger partial charge in [0.05, 0.1) is 0 Å². The number of aryl methyl sites for hydroxylation is 1. The Morgan fingerprint density at radius 3 is 2.88 bits per heavy atom. The Morgan fingerprint density at radius 1 is 1.38 bits per heavy atom. The van der Waals surface area contributed by atoms with Crippen LogP contribution in [0.1, 0.15) is 36.8 Å². The van der Waals surface area contributed by atoms with Crippen molar-refractivity contribution in [3.05, 3.63) is 35.4 Å². The van der Waals surface area contributed by atoms with Gasteiger partial charge in [-0.2, -0.15) is 0 Å². The zero-order valence-corrected chi connectivity index (χ0v) is 12.6. The van der Waals surface area contributed by atoms with Crippen LogP contribution in [-0.4, -0.2) is 9.90 Å². The number of benzene rings is 1. The van der Waals surface area contributed by atoms with Crippen LogP contribution in [0.2, 0.25) is 0 Å². The van der Waals surface area contributed by atoms with E-state index in [0.717, 1.165) is 12.5 Å². The van der Waals surface area contributed by atoms with Gasteiger partial charge in [-0.1, -0.05) is 56.1 Å². The fourth-order valence-corrected chi connectivity index (χ4v) is 2.81. The number of hydrogen-bond donors (Lipinski definition) is 1. The molecule has 1 atom stereocenters. The van der Waals surface area contributed by atoms with Gasteiger partial charge in [0.1, 0.15) is 3.36 Å². The second-order valence-electron chi connectivity index (χ2n) is 4.54. The minimum Gasteiger partial charge on any atom is -0.294 e. The molecule has 1 aromatic rings. The molecular formula is C13H17Br2N. The summed E-state index contributed by atoms with van der Waals surface area (Å²) in [7, 11) is 0. The van der Waals surface area contributed by atoms with Crippen LogP contribution in [0.25, 0.3) is 0 Å². The topological polar surface area (TPSA) is 12.0 Å². The van der Waals surface area contributed by atoms with Gasteiger partial charge in [0.25, 0.3) is 0 Å². The summed E-state index contributed by atoms with van der Waals surface area (Å²) >= 11 is 7.05. The Bertz CT molecular complexity index is 357. The maximum Gasteiger partial charge on any atom is 0.127 e. The highest BCUT2D eigenvalue weighted by Gasteiger charge is 2.22. The largest absolute Gasteiger partial charge is 0.294 e. The molecule has 0 bridgehead atoms. The number of halogens is 2. The van der Waals surface area contributed by atoms with Crippen LogP contribution in [0.5, 0.6) is 0 Å².